The molecule has 1 spiro atoms. The van der Waals surface area contributed by atoms with Gasteiger partial charge >= 0.3 is 0 Å². The van der Waals surface area contributed by atoms with Crippen LogP contribution < -0.4 is 26.2 Å². The fraction of sp³-hybridized carbons (Fsp3) is 0.348. The van der Waals surface area contributed by atoms with Gasteiger partial charge in [0.25, 0.3) is 6.71 Å². The summed E-state index contributed by atoms with van der Waals surface area (Å²) in [5, 5.41) is 0. The van der Waals surface area contributed by atoms with Crippen LogP contribution in [0.5, 0.6) is 0 Å². The van der Waals surface area contributed by atoms with Gasteiger partial charge in [-0.15, -0.1) is 0 Å². The molecule has 12 rings (SSSR count). The van der Waals surface area contributed by atoms with Gasteiger partial charge in [-0.1, -0.05) is 94.4 Å². The number of rotatable bonds is 2. The Hall–Kier alpha value is -4.24. The van der Waals surface area contributed by atoms with E-state index in [1.54, 1.807) is 11.1 Å². The van der Waals surface area contributed by atoms with Crippen LogP contribution in [0.4, 0.5) is 34.1 Å². The molecule has 0 amide bonds. The molecule has 49 heavy (non-hydrogen) atoms. The lowest BCUT2D eigenvalue weighted by atomic mass is 9.32. The average molecular weight is 637 g/mol. The summed E-state index contributed by atoms with van der Waals surface area (Å²) in [6.07, 6.45) is 8.13. The number of nitrogens with zero attached hydrogens (tertiary/aromatic N) is 2. The lowest BCUT2D eigenvalue weighted by Gasteiger charge is -2.64. The summed E-state index contributed by atoms with van der Waals surface area (Å²) < 4.78 is 0. The molecule has 0 saturated heterocycles. The number of para-hydroxylation sites is 2. The Balaban J connectivity index is 1.22. The Labute approximate surface area is 292 Å². The van der Waals surface area contributed by atoms with E-state index >= 15 is 0 Å². The fourth-order valence-electron chi connectivity index (χ4n) is 12.2. The molecule has 4 aliphatic carbocycles. The Morgan fingerprint density at radius 2 is 1.29 bits per heavy atom. The molecular formula is C46H45BN2. The van der Waals surface area contributed by atoms with Gasteiger partial charge in [-0.05, 0) is 143 Å². The maximum Gasteiger partial charge on any atom is 0.252 e. The second kappa shape index (κ2) is 9.72. The normalized spacial score (nSPS) is 26.4. The number of fused-ring (bicyclic) bond motifs is 6. The molecule has 0 atom stereocenters. The third-order valence-electron chi connectivity index (χ3n) is 13.9. The van der Waals surface area contributed by atoms with Gasteiger partial charge in [0.1, 0.15) is 0 Å². The number of aryl methyl sites for hydroxylation is 1. The molecule has 7 aliphatic rings. The smallest absolute Gasteiger partial charge is 0.252 e. The first-order valence-corrected chi connectivity index (χ1v) is 19.1. The summed E-state index contributed by atoms with van der Waals surface area (Å²) in [6.45, 7) is 9.50. The highest BCUT2D eigenvalue weighted by molar-refractivity contribution is 7.00. The number of benzene rings is 5. The van der Waals surface area contributed by atoms with Gasteiger partial charge in [0.15, 0.2) is 0 Å². The van der Waals surface area contributed by atoms with Crippen LogP contribution in [-0.2, 0) is 17.3 Å². The van der Waals surface area contributed by atoms with E-state index in [0.717, 1.165) is 30.1 Å². The SMILES string of the molecule is CCc1ccc(N2c3ccc(C(C)(C)C)cc3B3c4cccc5c4N(c4ccccc4C54C5CC6CC(C5)CC4C6)c4cccc2c43)cc1. The van der Waals surface area contributed by atoms with Gasteiger partial charge < -0.3 is 9.80 Å². The Bertz CT molecular complexity index is 2160. The Kier molecular flexibility index (Phi) is 5.67. The number of hydrogen-bond acceptors (Lipinski definition) is 2. The van der Waals surface area contributed by atoms with Crippen LogP contribution in [0.2, 0.25) is 0 Å². The first-order valence-electron chi connectivity index (χ1n) is 19.1. The molecule has 0 radical (unpaired) electrons. The molecular weight excluding hydrogens is 591 g/mol. The van der Waals surface area contributed by atoms with Crippen LogP contribution in [0.1, 0.15) is 82.1 Å². The van der Waals surface area contributed by atoms with Crippen LogP contribution in [0.3, 0.4) is 0 Å². The van der Waals surface area contributed by atoms with E-state index in [-0.39, 0.29) is 17.5 Å². The topological polar surface area (TPSA) is 6.48 Å². The summed E-state index contributed by atoms with van der Waals surface area (Å²) in [4.78, 5) is 5.27. The van der Waals surface area contributed by atoms with Crippen molar-refractivity contribution < 1.29 is 0 Å². The third kappa shape index (κ3) is 3.59. The third-order valence-corrected chi connectivity index (χ3v) is 13.9. The van der Waals surface area contributed by atoms with E-state index in [1.165, 1.54) is 93.7 Å². The molecule has 3 aliphatic heterocycles. The van der Waals surface area contributed by atoms with Crippen molar-refractivity contribution in [2.24, 2.45) is 23.7 Å². The highest BCUT2D eigenvalue weighted by Crippen LogP contribution is 2.69. The molecule has 0 unspecified atom stereocenters. The average Bonchev–Trinajstić information content (AvgIpc) is 3.11. The molecule has 3 heteroatoms. The maximum atomic E-state index is 2.71. The van der Waals surface area contributed by atoms with Crippen LogP contribution in [0.15, 0.2) is 103 Å². The first-order chi connectivity index (χ1) is 23.9. The minimum Gasteiger partial charge on any atom is -0.311 e. The molecule has 4 bridgehead atoms. The first kappa shape index (κ1) is 28.6. The van der Waals surface area contributed by atoms with Crippen LogP contribution in [0.25, 0.3) is 0 Å². The zero-order valence-electron chi connectivity index (χ0n) is 29.3. The van der Waals surface area contributed by atoms with Crippen molar-refractivity contribution in [3.8, 4) is 0 Å². The van der Waals surface area contributed by atoms with E-state index in [9.17, 15) is 0 Å². The molecule has 0 N–H and O–H groups in total. The van der Waals surface area contributed by atoms with E-state index < -0.39 is 0 Å². The minimum absolute atomic E-state index is 0.0582. The molecule has 3 heterocycles. The van der Waals surface area contributed by atoms with Crippen molar-refractivity contribution in [3.05, 3.63) is 125 Å². The van der Waals surface area contributed by atoms with Crippen molar-refractivity contribution >= 4 is 57.2 Å². The van der Waals surface area contributed by atoms with Crippen molar-refractivity contribution in [1.82, 2.24) is 0 Å². The number of hydrogen-bond donors (Lipinski definition) is 0. The molecule has 4 fully saturated rings. The predicted molar refractivity (Wildman–Crippen MR) is 206 cm³/mol. The standard InChI is InChI=1S/C46H45BN2/c1-5-28-16-19-34(20-17-28)48-40-21-18-31(45(2,3)4)27-38(40)47-37-12-8-11-36-44(37)49(42-15-9-14-41(48)43(42)47)39-13-7-6-10-35(39)46(36)32-23-29-22-30(25-32)26-33(46)24-29/h6-21,27,29-30,32-33H,5,22-26H2,1-4H3. The second-order valence-corrected chi connectivity index (χ2v) is 17.3. The van der Waals surface area contributed by atoms with E-state index in [1.807, 2.05) is 0 Å². The summed E-state index contributed by atoms with van der Waals surface area (Å²) >= 11 is 0. The second-order valence-electron chi connectivity index (χ2n) is 17.3. The summed E-state index contributed by atoms with van der Waals surface area (Å²) in [7, 11) is 0. The van der Waals surface area contributed by atoms with Crippen LogP contribution in [0, 0.1) is 23.7 Å². The highest BCUT2D eigenvalue weighted by atomic mass is 15.2. The zero-order chi connectivity index (χ0) is 32.8. The van der Waals surface area contributed by atoms with Gasteiger partial charge in [-0.3, -0.25) is 0 Å². The van der Waals surface area contributed by atoms with E-state index in [4.69, 9.17) is 0 Å². The van der Waals surface area contributed by atoms with Crippen LogP contribution >= 0.6 is 0 Å². The van der Waals surface area contributed by atoms with Crippen molar-refractivity contribution in [1.29, 1.82) is 0 Å². The number of anilines is 6. The monoisotopic (exact) mass is 636 g/mol. The Morgan fingerprint density at radius 1 is 0.633 bits per heavy atom. The lowest BCUT2D eigenvalue weighted by molar-refractivity contribution is -0.0419. The maximum absolute atomic E-state index is 2.71. The molecule has 4 saturated carbocycles. The van der Waals surface area contributed by atoms with Gasteiger partial charge in [0, 0.05) is 33.9 Å². The Morgan fingerprint density at radius 3 is 2.00 bits per heavy atom. The minimum atomic E-state index is 0.0582. The van der Waals surface area contributed by atoms with E-state index in [2.05, 4.69) is 141 Å². The fourth-order valence-corrected chi connectivity index (χ4v) is 12.2. The van der Waals surface area contributed by atoms with Crippen LogP contribution in [-0.4, -0.2) is 6.71 Å². The summed E-state index contributed by atoms with van der Waals surface area (Å²) in [6, 6.07) is 40.9. The molecule has 2 nitrogen and oxygen atoms in total. The quantitative estimate of drug-likeness (QED) is 0.174. The summed E-state index contributed by atoms with van der Waals surface area (Å²) in [5.41, 5.74) is 18.7. The summed E-state index contributed by atoms with van der Waals surface area (Å²) in [5.74, 6) is 3.33. The van der Waals surface area contributed by atoms with Crippen molar-refractivity contribution in [3.63, 3.8) is 0 Å². The van der Waals surface area contributed by atoms with Gasteiger partial charge in [0.05, 0.1) is 5.69 Å². The molecule has 0 aromatic heterocycles. The van der Waals surface area contributed by atoms with Gasteiger partial charge in [-0.25, -0.2) is 0 Å². The van der Waals surface area contributed by atoms with Gasteiger partial charge in [-0.2, -0.15) is 0 Å². The molecule has 5 aromatic carbocycles. The molecule has 242 valence electrons. The van der Waals surface area contributed by atoms with Crippen molar-refractivity contribution in [2.45, 2.75) is 77.0 Å². The predicted octanol–water partition coefficient (Wildman–Crippen LogP) is 9.68. The molecule has 5 aromatic rings. The van der Waals surface area contributed by atoms with Crippen molar-refractivity contribution in [2.75, 3.05) is 9.80 Å². The largest absolute Gasteiger partial charge is 0.311 e. The van der Waals surface area contributed by atoms with E-state index in [0.29, 0.717) is 0 Å². The lowest BCUT2D eigenvalue weighted by Crippen LogP contribution is -2.64. The highest BCUT2D eigenvalue weighted by Gasteiger charge is 2.62. The van der Waals surface area contributed by atoms with Gasteiger partial charge in [0.2, 0.25) is 0 Å². The zero-order valence-corrected chi connectivity index (χ0v) is 29.3.